The second-order valence-electron chi connectivity index (χ2n) is 8.38. The van der Waals surface area contributed by atoms with Gasteiger partial charge in [0.05, 0.1) is 23.0 Å². The minimum Gasteiger partial charge on any atom is -0.485 e. The molecule has 1 fully saturated rings. The van der Waals surface area contributed by atoms with Crippen molar-refractivity contribution in [2.45, 2.75) is 37.8 Å². The molecule has 37 heavy (non-hydrogen) atoms. The number of nitrogens with zero attached hydrogens (tertiary/aromatic N) is 3. The van der Waals surface area contributed by atoms with Crippen molar-refractivity contribution >= 4 is 35.0 Å². The lowest BCUT2D eigenvalue weighted by Crippen LogP contribution is -2.49. The average molecular weight is 554 g/mol. The van der Waals surface area contributed by atoms with Gasteiger partial charge in [0.15, 0.2) is 0 Å². The fourth-order valence-corrected chi connectivity index (χ4v) is 4.16. The first-order valence-corrected chi connectivity index (χ1v) is 11.8. The number of benzene rings is 1. The standard InChI is InChI=1S/C24H20Cl2F3N5O3/c1-12(33-23(36)24(2-3-24)34-22(35)18-10-30-4-5-31-18)20-17(27)6-13(9-32-20)15-7-14(25)8-16(26)21(15)37-11-19(28)29/h4-10,12,19H,2-3,11H2,1H3,(H,33,36)(H,34,35). The lowest BCUT2D eigenvalue weighted by Gasteiger charge is -2.21. The Labute approximate surface area is 219 Å². The minimum atomic E-state index is -2.75. The fourth-order valence-electron chi connectivity index (χ4n) is 3.62. The number of carbonyl (C=O) groups excluding carboxylic acids is 2. The monoisotopic (exact) mass is 553 g/mol. The van der Waals surface area contributed by atoms with Crippen LogP contribution >= 0.6 is 23.2 Å². The molecule has 2 N–H and O–H groups in total. The molecule has 1 unspecified atom stereocenters. The number of pyridine rings is 1. The van der Waals surface area contributed by atoms with E-state index in [1.54, 1.807) is 0 Å². The summed E-state index contributed by atoms with van der Waals surface area (Å²) in [6.45, 7) is 0.623. The molecule has 1 saturated carbocycles. The molecule has 8 nitrogen and oxygen atoms in total. The highest BCUT2D eigenvalue weighted by Crippen LogP contribution is 2.40. The molecule has 3 aromatic rings. The van der Waals surface area contributed by atoms with Crippen LogP contribution < -0.4 is 15.4 Å². The largest absolute Gasteiger partial charge is 0.485 e. The second-order valence-corrected chi connectivity index (χ2v) is 9.22. The van der Waals surface area contributed by atoms with Crippen LogP contribution in [0.15, 0.2) is 43.0 Å². The summed E-state index contributed by atoms with van der Waals surface area (Å²) < 4.78 is 45.6. The smallest absolute Gasteiger partial charge is 0.272 e. The highest BCUT2D eigenvalue weighted by molar-refractivity contribution is 6.36. The summed E-state index contributed by atoms with van der Waals surface area (Å²) in [6.07, 6.45) is 3.42. The van der Waals surface area contributed by atoms with Crippen molar-refractivity contribution in [1.29, 1.82) is 0 Å². The molecule has 0 bridgehead atoms. The van der Waals surface area contributed by atoms with Gasteiger partial charge in [0.2, 0.25) is 5.91 Å². The van der Waals surface area contributed by atoms with Gasteiger partial charge >= 0.3 is 0 Å². The zero-order valence-electron chi connectivity index (χ0n) is 19.3. The van der Waals surface area contributed by atoms with Crippen LogP contribution in [0, 0.1) is 5.82 Å². The molecule has 13 heteroatoms. The van der Waals surface area contributed by atoms with Crippen molar-refractivity contribution in [3.05, 3.63) is 70.2 Å². The molecule has 1 aliphatic rings. The highest BCUT2D eigenvalue weighted by atomic mass is 35.5. The van der Waals surface area contributed by atoms with Gasteiger partial charge in [-0.25, -0.2) is 18.2 Å². The van der Waals surface area contributed by atoms with E-state index in [0.717, 1.165) is 6.07 Å². The van der Waals surface area contributed by atoms with E-state index in [-0.39, 0.29) is 38.3 Å². The van der Waals surface area contributed by atoms with Crippen molar-refractivity contribution < 1.29 is 27.5 Å². The summed E-state index contributed by atoms with van der Waals surface area (Å²) in [6, 6.07) is 2.97. The van der Waals surface area contributed by atoms with Gasteiger partial charge in [-0.15, -0.1) is 0 Å². The van der Waals surface area contributed by atoms with Crippen LogP contribution in [0.25, 0.3) is 11.1 Å². The van der Waals surface area contributed by atoms with Gasteiger partial charge in [0.25, 0.3) is 12.3 Å². The van der Waals surface area contributed by atoms with E-state index in [2.05, 4.69) is 25.6 Å². The summed E-state index contributed by atoms with van der Waals surface area (Å²) in [4.78, 5) is 37.2. The topological polar surface area (TPSA) is 106 Å². The van der Waals surface area contributed by atoms with Gasteiger partial charge in [-0.1, -0.05) is 23.2 Å². The molecular formula is C24H20Cl2F3N5O3. The Morgan fingerprint density at radius 3 is 2.51 bits per heavy atom. The Kier molecular flexibility index (Phi) is 7.84. The summed E-state index contributed by atoms with van der Waals surface area (Å²) >= 11 is 12.2. The summed E-state index contributed by atoms with van der Waals surface area (Å²) in [5.74, 6) is -1.90. The van der Waals surface area contributed by atoms with E-state index in [1.165, 1.54) is 43.8 Å². The Morgan fingerprint density at radius 2 is 1.89 bits per heavy atom. The number of halogens is 5. The van der Waals surface area contributed by atoms with Crippen molar-refractivity contribution in [3.8, 4) is 16.9 Å². The molecule has 0 saturated heterocycles. The van der Waals surface area contributed by atoms with Crippen LogP contribution in [-0.2, 0) is 4.79 Å². The summed E-state index contributed by atoms with van der Waals surface area (Å²) in [5, 5.41) is 5.50. The predicted octanol–water partition coefficient (Wildman–Crippen LogP) is 4.77. The third kappa shape index (κ3) is 6.11. The Bertz CT molecular complexity index is 1330. The molecule has 0 radical (unpaired) electrons. The predicted molar refractivity (Wildman–Crippen MR) is 129 cm³/mol. The Balaban J connectivity index is 1.50. The van der Waals surface area contributed by atoms with E-state index in [9.17, 15) is 18.4 Å². The number of nitrogens with one attached hydrogen (secondary N) is 2. The first-order chi connectivity index (χ1) is 17.6. The zero-order chi connectivity index (χ0) is 26.7. The molecule has 4 rings (SSSR count). The van der Waals surface area contributed by atoms with Crippen LogP contribution in [0.1, 0.15) is 42.0 Å². The van der Waals surface area contributed by atoms with E-state index in [0.29, 0.717) is 12.8 Å². The van der Waals surface area contributed by atoms with Crippen LogP contribution in [-0.4, -0.2) is 45.3 Å². The number of alkyl halides is 2. The molecule has 0 aliphatic heterocycles. The van der Waals surface area contributed by atoms with Crippen molar-refractivity contribution in [2.24, 2.45) is 0 Å². The van der Waals surface area contributed by atoms with E-state index in [4.69, 9.17) is 27.9 Å². The molecule has 194 valence electrons. The number of rotatable bonds is 9. The number of hydrogen-bond donors (Lipinski definition) is 2. The fraction of sp³-hybridized carbons (Fsp3) is 0.292. The molecule has 1 aliphatic carbocycles. The normalized spacial score (nSPS) is 14.7. The summed E-state index contributed by atoms with van der Waals surface area (Å²) in [5.41, 5.74) is -0.777. The second kappa shape index (κ2) is 10.9. The highest BCUT2D eigenvalue weighted by Gasteiger charge is 2.51. The van der Waals surface area contributed by atoms with E-state index >= 15 is 4.39 Å². The van der Waals surface area contributed by atoms with Gasteiger partial charge in [0.1, 0.15) is 29.4 Å². The van der Waals surface area contributed by atoms with Crippen molar-refractivity contribution in [1.82, 2.24) is 25.6 Å². The summed E-state index contributed by atoms with van der Waals surface area (Å²) in [7, 11) is 0. The molecule has 1 atom stereocenters. The van der Waals surface area contributed by atoms with Gasteiger partial charge < -0.3 is 15.4 Å². The first kappa shape index (κ1) is 26.6. The number of amides is 2. The molecule has 2 amide bonds. The van der Waals surface area contributed by atoms with Gasteiger partial charge in [-0.05, 0) is 38.0 Å². The molecule has 2 aromatic heterocycles. The van der Waals surface area contributed by atoms with Crippen LogP contribution in [0.4, 0.5) is 13.2 Å². The zero-order valence-corrected chi connectivity index (χ0v) is 20.8. The first-order valence-electron chi connectivity index (χ1n) is 11.0. The van der Waals surface area contributed by atoms with Crippen LogP contribution in [0.5, 0.6) is 5.75 Å². The number of hydrogen-bond acceptors (Lipinski definition) is 6. The molecule has 2 heterocycles. The molecule has 0 spiro atoms. The maximum atomic E-state index is 15.1. The quantitative estimate of drug-likeness (QED) is 0.395. The number of aromatic nitrogens is 3. The Hall–Kier alpha value is -3.44. The molecular weight excluding hydrogens is 534 g/mol. The van der Waals surface area contributed by atoms with Gasteiger partial charge in [0, 0.05) is 34.7 Å². The van der Waals surface area contributed by atoms with Gasteiger partial charge in [-0.3, -0.25) is 19.6 Å². The van der Waals surface area contributed by atoms with Gasteiger partial charge in [-0.2, -0.15) is 0 Å². The average Bonchev–Trinajstić information content (AvgIpc) is 3.64. The lowest BCUT2D eigenvalue weighted by atomic mass is 10.0. The minimum absolute atomic E-state index is 0.0217. The maximum Gasteiger partial charge on any atom is 0.272 e. The SMILES string of the molecule is CC(NC(=O)C1(NC(=O)c2cnccn2)CC1)c1ncc(-c2cc(Cl)cc(Cl)c2OCC(F)F)cc1F. The third-order valence-electron chi connectivity index (χ3n) is 5.63. The lowest BCUT2D eigenvalue weighted by molar-refractivity contribution is -0.124. The van der Waals surface area contributed by atoms with Crippen LogP contribution in [0.3, 0.4) is 0 Å². The van der Waals surface area contributed by atoms with Crippen molar-refractivity contribution in [3.63, 3.8) is 0 Å². The third-order valence-corrected chi connectivity index (χ3v) is 6.13. The maximum absolute atomic E-state index is 15.1. The number of carbonyl (C=O) groups is 2. The van der Waals surface area contributed by atoms with Crippen LogP contribution in [0.2, 0.25) is 10.0 Å². The molecule has 1 aromatic carbocycles. The van der Waals surface area contributed by atoms with Crippen molar-refractivity contribution in [2.75, 3.05) is 6.61 Å². The number of ether oxygens (including phenoxy) is 1. The van der Waals surface area contributed by atoms with E-state index < -0.39 is 42.2 Å². The van der Waals surface area contributed by atoms with E-state index in [1.807, 2.05) is 0 Å². The Morgan fingerprint density at radius 1 is 1.14 bits per heavy atom.